The minimum absolute atomic E-state index is 0.148. The van der Waals surface area contributed by atoms with Gasteiger partial charge in [-0.15, -0.1) is 0 Å². The maximum Gasteiger partial charge on any atom is 0.329 e. The minimum Gasteiger partial charge on any atom is -0.504 e. The number of hydrogen-bond donors (Lipinski definition) is 3. The second-order valence-corrected chi connectivity index (χ2v) is 3.47. The van der Waals surface area contributed by atoms with Gasteiger partial charge in [0.1, 0.15) is 6.04 Å². The van der Waals surface area contributed by atoms with E-state index < -0.39 is 35.2 Å². The third-order valence-corrected chi connectivity index (χ3v) is 2.19. The van der Waals surface area contributed by atoms with Crippen LogP contribution in [0.15, 0.2) is 12.1 Å². The summed E-state index contributed by atoms with van der Waals surface area (Å²) in [5, 5.41) is 18.7. The summed E-state index contributed by atoms with van der Waals surface area (Å²) in [6.07, 6.45) is -0.320. The van der Waals surface area contributed by atoms with E-state index in [0.717, 1.165) is 6.07 Å². The second-order valence-electron chi connectivity index (χ2n) is 3.47. The van der Waals surface area contributed by atoms with Crippen LogP contribution in [0.2, 0.25) is 0 Å². The fourth-order valence-corrected chi connectivity index (χ4v) is 1.32. The average Bonchev–Trinajstić information content (AvgIpc) is 2.26. The van der Waals surface area contributed by atoms with Crippen LogP contribution in [0.3, 0.4) is 0 Å². The molecule has 17 heavy (non-hydrogen) atoms. The molecule has 90 valence electrons. The van der Waals surface area contributed by atoms with Gasteiger partial charge in [0.05, 0.1) is 6.42 Å². The highest BCUT2D eigenvalue weighted by molar-refractivity contribution is 5.87. The summed E-state index contributed by atoms with van der Waals surface area (Å²) in [7, 11) is 0. The fraction of sp³-hybridized carbons (Fsp3) is 0.200. The molecule has 0 aromatic heterocycles. The lowest BCUT2D eigenvalue weighted by molar-refractivity contribution is -0.144. The van der Waals surface area contributed by atoms with Gasteiger partial charge in [-0.25, -0.2) is 4.79 Å². The molecule has 0 spiro atoms. The van der Waals surface area contributed by atoms with E-state index in [1.165, 1.54) is 6.07 Å². The van der Waals surface area contributed by atoms with Crippen molar-refractivity contribution in [1.82, 2.24) is 0 Å². The molecule has 2 rings (SSSR count). The zero-order valence-electron chi connectivity index (χ0n) is 8.54. The van der Waals surface area contributed by atoms with Crippen LogP contribution in [0.1, 0.15) is 6.42 Å². The molecule has 1 aromatic carbocycles. The summed E-state index contributed by atoms with van der Waals surface area (Å²) in [5.74, 6) is -3.35. The van der Waals surface area contributed by atoms with Crippen molar-refractivity contribution in [2.75, 3.05) is 0 Å². The van der Waals surface area contributed by atoms with Gasteiger partial charge >= 0.3 is 11.9 Å². The zero-order valence-corrected chi connectivity index (χ0v) is 8.54. The van der Waals surface area contributed by atoms with Crippen LogP contribution >= 0.6 is 0 Å². The maximum absolute atomic E-state index is 11.4. The van der Waals surface area contributed by atoms with Crippen molar-refractivity contribution in [1.29, 1.82) is 0 Å². The minimum atomic E-state index is -1.17. The smallest absolute Gasteiger partial charge is 0.329 e. The number of benzene rings is 1. The molecule has 0 fully saturated rings. The van der Waals surface area contributed by atoms with E-state index in [2.05, 4.69) is 0 Å². The Hall–Kier alpha value is -2.28. The van der Waals surface area contributed by atoms with Crippen LogP contribution < -0.4 is 15.2 Å². The number of phenolic OH excluding ortho intramolecular Hbond substituents is 2. The van der Waals surface area contributed by atoms with Gasteiger partial charge in [0, 0.05) is 0 Å². The normalized spacial score (nSPS) is 19.7. The molecule has 1 aliphatic heterocycles. The number of carbonyl (C=O) groups excluding carboxylic acids is 2. The molecule has 1 aliphatic rings. The fourth-order valence-electron chi connectivity index (χ4n) is 1.32. The first kappa shape index (κ1) is 11.2. The Morgan fingerprint density at radius 1 is 1.24 bits per heavy atom. The molecule has 0 saturated carbocycles. The van der Waals surface area contributed by atoms with Crippen molar-refractivity contribution in [3.8, 4) is 23.0 Å². The molecule has 0 radical (unpaired) electrons. The molecule has 7 nitrogen and oxygen atoms in total. The van der Waals surface area contributed by atoms with Gasteiger partial charge < -0.3 is 25.4 Å². The van der Waals surface area contributed by atoms with Crippen LogP contribution in [0, 0.1) is 0 Å². The maximum atomic E-state index is 11.4. The summed E-state index contributed by atoms with van der Waals surface area (Å²) >= 11 is 0. The molecule has 0 aliphatic carbocycles. The molecule has 0 bridgehead atoms. The van der Waals surface area contributed by atoms with E-state index in [-0.39, 0.29) is 12.2 Å². The molecule has 1 atom stereocenters. The standard InChI is InChI=1S/C10H9NO6/c11-4-3-7(13)16-6-2-1-5(12)8(14)9(6)17-10(4)15/h1-2,4,12,14H,3,11H2. The number of ether oxygens (including phenoxy) is 2. The third-order valence-electron chi connectivity index (χ3n) is 2.19. The Morgan fingerprint density at radius 3 is 2.65 bits per heavy atom. The van der Waals surface area contributed by atoms with Gasteiger partial charge in [0.15, 0.2) is 11.5 Å². The first-order valence-corrected chi connectivity index (χ1v) is 4.72. The largest absolute Gasteiger partial charge is 0.504 e. The van der Waals surface area contributed by atoms with E-state index >= 15 is 0 Å². The lowest BCUT2D eigenvalue weighted by Crippen LogP contribution is -2.38. The molecule has 0 amide bonds. The summed E-state index contributed by atoms with van der Waals surface area (Å²) in [6, 6.07) is 1.14. The number of carbonyl (C=O) groups is 2. The van der Waals surface area contributed by atoms with Crippen molar-refractivity contribution in [3.63, 3.8) is 0 Å². The predicted molar refractivity (Wildman–Crippen MR) is 53.6 cm³/mol. The van der Waals surface area contributed by atoms with Gasteiger partial charge in [0.2, 0.25) is 11.5 Å². The van der Waals surface area contributed by atoms with Gasteiger partial charge in [0.25, 0.3) is 0 Å². The molecular weight excluding hydrogens is 230 g/mol. The van der Waals surface area contributed by atoms with Crippen LogP contribution in [0.4, 0.5) is 0 Å². The predicted octanol–water partition coefficient (Wildman–Crippen LogP) is -0.360. The molecule has 7 heteroatoms. The van der Waals surface area contributed by atoms with E-state index in [1.807, 2.05) is 0 Å². The van der Waals surface area contributed by atoms with E-state index in [9.17, 15) is 19.8 Å². The highest BCUT2D eigenvalue weighted by atomic mass is 16.6. The molecule has 0 saturated heterocycles. The van der Waals surface area contributed by atoms with Gasteiger partial charge in [-0.2, -0.15) is 0 Å². The Kier molecular flexibility index (Phi) is 2.60. The lowest BCUT2D eigenvalue weighted by atomic mass is 10.2. The van der Waals surface area contributed by atoms with Gasteiger partial charge in [-0.3, -0.25) is 4.79 Å². The van der Waals surface area contributed by atoms with Crippen molar-refractivity contribution >= 4 is 11.9 Å². The molecule has 1 unspecified atom stereocenters. The van der Waals surface area contributed by atoms with E-state index in [0.29, 0.717) is 0 Å². The van der Waals surface area contributed by atoms with Crippen molar-refractivity contribution in [2.24, 2.45) is 5.73 Å². The number of aromatic hydroxyl groups is 2. The molecular formula is C10H9NO6. The van der Waals surface area contributed by atoms with Crippen LogP contribution in [0.25, 0.3) is 0 Å². The average molecular weight is 239 g/mol. The summed E-state index contributed by atoms with van der Waals surface area (Å²) in [4.78, 5) is 22.7. The SMILES string of the molecule is NC1CC(=O)Oc2ccc(O)c(O)c2OC1=O. The van der Waals surface area contributed by atoms with Crippen molar-refractivity contribution < 1.29 is 29.3 Å². The number of fused-ring (bicyclic) bond motifs is 1. The lowest BCUT2D eigenvalue weighted by Gasteiger charge is -2.18. The number of phenols is 2. The van der Waals surface area contributed by atoms with Crippen LogP contribution in [-0.4, -0.2) is 28.2 Å². The summed E-state index contributed by atoms with van der Waals surface area (Å²) in [5.41, 5.74) is 5.36. The highest BCUT2D eigenvalue weighted by Gasteiger charge is 2.29. The van der Waals surface area contributed by atoms with E-state index in [1.54, 1.807) is 0 Å². The van der Waals surface area contributed by atoms with Gasteiger partial charge in [-0.1, -0.05) is 0 Å². The Bertz CT molecular complexity index is 498. The number of hydrogen-bond acceptors (Lipinski definition) is 7. The molecule has 1 heterocycles. The monoisotopic (exact) mass is 239 g/mol. The van der Waals surface area contributed by atoms with Crippen molar-refractivity contribution in [2.45, 2.75) is 12.5 Å². The van der Waals surface area contributed by atoms with Crippen molar-refractivity contribution in [3.05, 3.63) is 12.1 Å². The van der Waals surface area contributed by atoms with Crippen LogP contribution in [0.5, 0.6) is 23.0 Å². The summed E-state index contributed by atoms with van der Waals surface area (Å²) < 4.78 is 9.58. The first-order valence-electron chi connectivity index (χ1n) is 4.72. The zero-order chi connectivity index (χ0) is 12.6. The van der Waals surface area contributed by atoms with Crippen LogP contribution in [-0.2, 0) is 9.59 Å². The Labute approximate surface area is 95.4 Å². The molecule has 4 N–H and O–H groups in total. The Balaban J connectivity index is 2.51. The first-order chi connectivity index (χ1) is 7.99. The second kappa shape index (κ2) is 3.95. The third kappa shape index (κ3) is 2.00. The Morgan fingerprint density at radius 2 is 1.94 bits per heavy atom. The number of nitrogens with two attached hydrogens (primary N) is 1. The number of rotatable bonds is 0. The number of esters is 2. The van der Waals surface area contributed by atoms with Gasteiger partial charge in [-0.05, 0) is 12.1 Å². The highest BCUT2D eigenvalue weighted by Crippen LogP contribution is 2.43. The van der Waals surface area contributed by atoms with E-state index in [4.69, 9.17) is 15.2 Å². The molecule has 1 aromatic rings. The topological polar surface area (TPSA) is 119 Å². The summed E-state index contributed by atoms with van der Waals surface area (Å²) in [6.45, 7) is 0. The quantitative estimate of drug-likeness (QED) is 0.321.